The summed E-state index contributed by atoms with van der Waals surface area (Å²) in [5.74, 6) is -7.61. The third kappa shape index (κ3) is 3.79. The average molecular weight is 277 g/mol. The van der Waals surface area contributed by atoms with E-state index < -0.39 is 24.0 Å². The van der Waals surface area contributed by atoms with Crippen molar-refractivity contribution < 1.29 is 31.5 Å². The number of ether oxygens (including phenoxy) is 1. The second-order valence-corrected chi connectivity index (χ2v) is 3.82. The van der Waals surface area contributed by atoms with Crippen molar-refractivity contribution in [3.63, 3.8) is 0 Å². The average Bonchev–Trinajstić information content (AvgIpc) is 2.27. The first-order chi connectivity index (χ1) is 8.09. The maximum atomic E-state index is 12.9. The first-order valence-electron chi connectivity index (χ1n) is 5.34. The molecule has 0 radical (unpaired) electrons. The summed E-state index contributed by atoms with van der Waals surface area (Å²) >= 11 is 0. The van der Waals surface area contributed by atoms with E-state index in [0.29, 0.717) is 4.90 Å². The van der Waals surface area contributed by atoms with Crippen molar-refractivity contribution in [2.45, 2.75) is 38.4 Å². The maximum absolute atomic E-state index is 12.9. The standard InChI is InChI=1S/C10H16F5NO2/c1-4-7(2)16(5-6-18-3)8(17)9(11,12)10(13,14)15/h7H,4-6H2,1-3H3. The third-order valence-corrected chi connectivity index (χ3v) is 2.54. The summed E-state index contributed by atoms with van der Waals surface area (Å²) in [7, 11) is 1.27. The van der Waals surface area contributed by atoms with E-state index in [1.165, 1.54) is 14.0 Å². The van der Waals surface area contributed by atoms with Crippen LogP contribution in [0.5, 0.6) is 0 Å². The molecular weight excluding hydrogens is 261 g/mol. The number of halogens is 5. The van der Waals surface area contributed by atoms with Crippen molar-refractivity contribution in [1.82, 2.24) is 4.90 Å². The highest BCUT2D eigenvalue weighted by Crippen LogP contribution is 2.37. The van der Waals surface area contributed by atoms with E-state index in [1.54, 1.807) is 6.92 Å². The number of methoxy groups -OCH3 is 1. The van der Waals surface area contributed by atoms with Crippen LogP contribution in [0.15, 0.2) is 0 Å². The monoisotopic (exact) mass is 277 g/mol. The molecule has 0 bridgehead atoms. The highest BCUT2D eigenvalue weighted by Gasteiger charge is 2.64. The summed E-state index contributed by atoms with van der Waals surface area (Å²) in [6, 6.07) is -0.721. The highest BCUT2D eigenvalue weighted by atomic mass is 19.4. The number of carbonyl (C=O) groups excluding carboxylic acids is 1. The van der Waals surface area contributed by atoms with Gasteiger partial charge in [-0.3, -0.25) is 4.79 Å². The van der Waals surface area contributed by atoms with Gasteiger partial charge in [-0.15, -0.1) is 0 Å². The van der Waals surface area contributed by atoms with Crippen molar-refractivity contribution in [2.24, 2.45) is 0 Å². The molecule has 18 heavy (non-hydrogen) atoms. The molecule has 0 aromatic rings. The van der Waals surface area contributed by atoms with E-state index in [1.807, 2.05) is 0 Å². The van der Waals surface area contributed by atoms with Crippen molar-refractivity contribution in [3.8, 4) is 0 Å². The molecule has 0 aliphatic heterocycles. The molecule has 0 aromatic carbocycles. The van der Waals surface area contributed by atoms with Crippen LogP contribution in [0.3, 0.4) is 0 Å². The molecular formula is C10H16F5NO2. The van der Waals surface area contributed by atoms with Gasteiger partial charge in [0.05, 0.1) is 6.61 Å². The summed E-state index contributed by atoms with van der Waals surface area (Å²) in [5, 5.41) is 0. The fraction of sp³-hybridized carbons (Fsp3) is 0.900. The lowest BCUT2D eigenvalue weighted by Crippen LogP contribution is -2.55. The molecule has 1 atom stereocenters. The summed E-state index contributed by atoms with van der Waals surface area (Å²) in [6.45, 7) is 2.57. The van der Waals surface area contributed by atoms with Crippen LogP contribution in [-0.4, -0.2) is 49.2 Å². The van der Waals surface area contributed by atoms with Crippen molar-refractivity contribution in [3.05, 3.63) is 0 Å². The quantitative estimate of drug-likeness (QED) is 0.698. The fourth-order valence-corrected chi connectivity index (χ4v) is 1.23. The van der Waals surface area contributed by atoms with E-state index in [2.05, 4.69) is 4.74 Å². The minimum atomic E-state index is -5.89. The third-order valence-electron chi connectivity index (χ3n) is 2.54. The Labute approximate surface area is 102 Å². The molecule has 0 aliphatic carbocycles. The second-order valence-electron chi connectivity index (χ2n) is 3.82. The molecule has 1 unspecified atom stereocenters. The largest absolute Gasteiger partial charge is 0.463 e. The molecule has 0 saturated heterocycles. The minimum Gasteiger partial charge on any atom is -0.383 e. The number of nitrogens with zero attached hydrogens (tertiary/aromatic N) is 1. The van der Waals surface area contributed by atoms with Gasteiger partial charge in [-0.05, 0) is 13.3 Å². The van der Waals surface area contributed by atoms with Crippen LogP contribution in [0.2, 0.25) is 0 Å². The first-order valence-corrected chi connectivity index (χ1v) is 5.34. The van der Waals surface area contributed by atoms with Gasteiger partial charge in [-0.1, -0.05) is 6.92 Å². The van der Waals surface area contributed by atoms with E-state index in [9.17, 15) is 26.7 Å². The summed E-state index contributed by atoms with van der Waals surface area (Å²) in [4.78, 5) is 11.8. The van der Waals surface area contributed by atoms with Crippen LogP contribution in [0.25, 0.3) is 0 Å². The minimum absolute atomic E-state index is 0.107. The molecule has 0 spiro atoms. The normalized spacial score (nSPS) is 14.4. The number of hydrogen-bond donors (Lipinski definition) is 0. The van der Waals surface area contributed by atoms with Gasteiger partial charge in [-0.25, -0.2) is 0 Å². The lowest BCUT2D eigenvalue weighted by Gasteiger charge is -2.32. The van der Waals surface area contributed by atoms with Gasteiger partial charge in [-0.2, -0.15) is 22.0 Å². The summed E-state index contributed by atoms with van der Waals surface area (Å²) in [6.07, 6.45) is -5.62. The second kappa shape index (κ2) is 6.31. The van der Waals surface area contributed by atoms with Crippen molar-refractivity contribution in [1.29, 1.82) is 0 Å². The Morgan fingerprint density at radius 2 is 1.78 bits per heavy atom. The van der Waals surface area contributed by atoms with E-state index >= 15 is 0 Å². The number of rotatable bonds is 6. The van der Waals surface area contributed by atoms with Gasteiger partial charge in [0, 0.05) is 19.7 Å². The van der Waals surface area contributed by atoms with Gasteiger partial charge in [0.2, 0.25) is 0 Å². The maximum Gasteiger partial charge on any atom is 0.463 e. The Morgan fingerprint density at radius 1 is 1.28 bits per heavy atom. The zero-order chi connectivity index (χ0) is 14.6. The molecule has 3 nitrogen and oxygen atoms in total. The lowest BCUT2D eigenvalue weighted by molar-refractivity contribution is -0.275. The number of hydrogen-bond acceptors (Lipinski definition) is 2. The van der Waals surface area contributed by atoms with E-state index in [0.717, 1.165) is 0 Å². The highest BCUT2D eigenvalue weighted by molar-refractivity contribution is 5.84. The SMILES string of the molecule is CCC(C)N(CCOC)C(=O)C(F)(F)C(F)(F)F. The molecule has 0 N–H and O–H groups in total. The molecule has 0 aliphatic rings. The van der Waals surface area contributed by atoms with Gasteiger partial charge < -0.3 is 9.64 Å². The molecule has 1 amide bonds. The zero-order valence-electron chi connectivity index (χ0n) is 10.4. The predicted octanol–water partition coefficient (Wildman–Crippen LogP) is 2.46. The molecule has 0 aromatic heterocycles. The van der Waals surface area contributed by atoms with Crippen LogP contribution in [-0.2, 0) is 9.53 Å². The van der Waals surface area contributed by atoms with E-state index in [4.69, 9.17) is 0 Å². The lowest BCUT2D eigenvalue weighted by atomic mass is 10.1. The zero-order valence-corrected chi connectivity index (χ0v) is 10.4. The van der Waals surface area contributed by atoms with Crippen LogP contribution in [0.4, 0.5) is 22.0 Å². The molecule has 0 rings (SSSR count). The fourth-order valence-electron chi connectivity index (χ4n) is 1.23. The molecule has 0 fully saturated rings. The van der Waals surface area contributed by atoms with Crippen LogP contribution in [0, 0.1) is 0 Å². The Balaban J connectivity index is 5.06. The van der Waals surface area contributed by atoms with Gasteiger partial charge in [0.1, 0.15) is 0 Å². The number of alkyl halides is 5. The molecule has 8 heteroatoms. The molecule has 108 valence electrons. The van der Waals surface area contributed by atoms with Crippen LogP contribution in [0.1, 0.15) is 20.3 Å². The Hall–Kier alpha value is -0.920. The van der Waals surface area contributed by atoms with Crippen molar-refractivity contribution >= 4 is 5.91 Å². The first kappa shape index (κ1) is 17.1. The smallest absolute Gasteiger partial charge is 0.383 e. The molecule has 0 saturated carbocycles. The van der Waals surface area contributed by atoms with E-state index in [-0.39, 0.29) is 19.6 Å². The summed E-state index contributed by atoms with van der Waals surface area (Å²) < 4.78 is 66.8. The van der Waals surface area contributed by atoms with Crippen LogP contribution < -0.4 is 0 Å². The Kier molecular flexibility index (Phi) is 5.98. The predicted molar refractivity (Wildman–Crippen MR) is 54.3 cm³/mol. The van der Waals surface area contributed by atoms with Crippen LogP contribution >= 0.6 is 0 Å². The van der Waals surface area contributed by atoms with Gasteiger partial charge in [0.25, 0.3) is 0 Å². The van der Waals surface area contributed by atoms with Crippen molar-refractivity contribution in [2.75, 3.05) is 20.3 Å². The Bertz CT molecular complexity index is 280. The topological polar surface area (TPSA) is 29.5 Å². The van der Waals surface area contributed by atoms with Gasteiger partial charge in [0.15, 0.2) is 0 Å². The molecule has 0 heterocycles. The number of amides is 1. The Morgan fingerprint density at radius 3 is 2.11 bits per heavy atom. The number of carbonyl (C=O) groups is 1. The summed E-state index contributed by atoms with van der Waals surface area (Å²) in [5.41, 5.74) is 0. The van der Waals surface area contributed by atoms with Gasteiger partial charge >= 0.3 is 18.0 Å².